The molecule has 1 radical (unpaired) electrons. The molecule has 0 aromatic rings. The van der Waals surface area contributed by atoms with Gasteiger partial charge in [0.2, 0.25) is 0 Å². The van der Waals surface area contributed by atoms with Crippen molar-refractivity contribution in [1.82, 2.24) is 0 Å². The standard InChI is InChI=1S/C6H11O/c1-3-6(2)4-5-7/h3H,4-5H2,1-2H3/b6-3+. The summed E-state index contributed by atoms with van der Waals surface area (Å²) in [6, 6.07) is 0. The van der Waals surface area contributed by atoms with Crippen molar-refractivity contribution in [2.45, 2.75) is 20.3 Å². The van der Waals surface area contributed by atoms with Crippen molar-refractivity contribution in [2.75, 3.05) is 6.61 Å². The zero-order valence-corrected chi connectivity index (χ0v) is 4.90. The van der Waals surface area contributed by atoms with Crippen LogP contribution in [-0.2, 0) is 5.11 Å². The van der Waals surface area contributed by atoms with Gasteiger partial charge in [-0.2, -0.15) is 0 Å². The Morgan fingerprint density at radius 1 is 1.71 bits per heavy atom. The predicted octanol–water partition coefficient (Wildman–Crippen LogP) is 1.77. The lowest BCUT2D eigenvalue weighted by atomic mass is 10.2. The van der Waals surface area contributed by atoms with Crippen molar-refractivity contribution >= 4 is 0 Å². The Labute approximate surface area is 44.7 Å². The normalized spacial score (nSPS) is 12.1. The molecule has 0 aromatic carbocycles. The van der Waals surface area contributed by atoms with Gasteiger partial charge in [0.05, 0.1) is 6.61 Å². The van der Waals surface area contributed by atoms with Gasteiger partial charge < -0.3 is 0 Å². The van der Waals surface area contributed by atoms with Gasteiger partial charge >= 0.3 is 0 Å². The molecule has 0 saturated carbocycles. The van der Waals surface area contributed by atoms with Crippen LogP contribution in [0, 0.1) is 0 Å². The zero-order valence-electron chi connectivity index (χ0n) is 4.90. The maximum absolute atomic E-state index is 9.86. The highest BCUT2D eigenvalue weighted by molar-refractivity contribution is 4.94. The fourth-order valence-corrected chi connectivity index (χ4v) is 0.305. The van der Waals surface area contributed by atoms with Gasteiger partial charge in [0.1, 0.15) is 0 Å². The Kier molecular flexibility index (Phi) is 3.71. The van der Waals surface area contributed by atoms with Crippen LogP contribution in [0.15, 0.2) is 11.6 Å². The lowest BCUT2D eigenvalue weighted by Crippen LogP contribution is -1.79. The molecular weight excluding hydrogens is 88.1 g/mol. The van der Waals surface area contributed by atoms with Gasteiger partial charge in [-0.25, -0.2) is 5.11 Å². The van der Waals surface area contributed by atoms with Crippen molar-refractivity contribution < 1.29 is 5.11 Å². The van der Waals surface area contributed by atoms with E-state index in [0.717, 1.165) is 0 Å². The Balaban J connectivity index is 3.17. The molecule has 0 saturated heterocycles. The molecule has 7 heavy (non-hydrogen) atoms. The fourth-order valence-electron chi connectivity index (χ4n) is 0.305. The Morgan fingerprint density at radius 2 is 2.29 bits per heavy atom. The lowest BCUT2D eigenvalue weighted by Gasteiger charge is -1.89. The van der Waals surface area contributed by atoms with E-state index < -0.39 is 0 Å². The second kappa shape index (κ2) is 3.88. The summed E-state index contributed by atoms with van der Waals surface area (Å²) in [6.07, 6.45) is 2.68. The van der Waals surface area contributed by atoms with Crippen molar-refractivity contribution in [3.63, 3.8) is 0 Å². The summed E-state index contributed by atoms with van der Waals surface area (Å²) in [6.45, 7) is 3.94. The Morgan fingerprint density at radius 3 is 2.43 bits per heavy atom. The maximum Gasteiger partial charge on any atom is 0.0859 e. The van der Waals surface area contributed by atoms with E-state index >= 15 is 0 Å². The SMILES string of the molecule is C/C=C(\C)CC[O]. The summed E-state index contributed by atoms with van der Waals surface area (Å²) >= 11 is 0. The van der Waals surface area contributed by atoms with Crippen LogP contribution in [-0.4, -0.2) is 6.61 Å². The van der Waals surface area contributed by atoms with E-state index in [4.69, 9.17) is 0 Å². The van der Waals surface area contributed by atoms with Gasteiger partial charge in [0, 0.05) is 0 Å². The monoisotopic (exact) mass is 99.1 g/mol. The highest BCUT2D eigenvalue weighted by atomic mass is 16.2. The van der Waals surface area contributed by atoms with Crippen LogP contribution in [0.4, 0.5) is 0 Å². The molecule has 0 spiro atoms. The van der Waals surface area contributed by atoms with Crippen LogP contribution >= 0.6 is 0 Å². The first kappa shape index (κ1) is 6.70. The first-order chi connectivity index (χ1) is 3.31. The largest absolute Gasteiger partial charge is 0.236 e. The van der Waals surface area contributed by atoms with E-state index in [2.05, 4.69) is 0 Å². The molecule has 1 nitrogen and oxygen atoms in total. The van der Waals surface area contributed by atoms with Gasteiger partial charge in [0.15, 0.2) is 0 Å². The molecule has 0 rings (SSSR count). The average Bonchev–Trinajstić information content (AvgIpc) is 1.68. The van der Waals surface area contributed by atoms with Crippen LogP contribution < -0.4 is 0 Å². The third-order valence-corrected chi connectivity index (χ3v) is 0.989. The van der Waals surface area contributed by atoms with E-state index in [9.17, 15) is 5.11 Å². The minimum Gasteiger partial charge on any atom is -0.236 e. The van der Waals surface area contributed by atoms with Crippen LogP contribution in [0.25, 0.3) is 0 Å². The molecule has 0 aliphatic rings. The maximum atomic E-state index is 9.86. The number of hydrogen-bond acceptors (Lipinski definition) is 0. The summed E-state index contributed by atoms with van der Waals surface area (Å²) in [5.41, 5.74) is 1.19. The molecule has 0 atom stereocenters. The molecule has 0 heterocycles. The van der Waals surface area contributed by atoms with E-state index in [1.54, 1.807) is 0 Å². The summed E-state index contributed by atoms with van der Waals surface area (Å²) in [5, 5.41) is 9.86. The third-order valence-electron chi connectivity index (χ3n) is 0.989. The average molecular weight is 99.2 g/mol. The second-order valence-corrected chi connectivity index (χ2v) is 1.59. The third kappa shape index (κ3) is 3.53. The van der Waals surface area contributed by atoms with Crippen LogP contribution in [0.1, 0.15) is 20.3 Å². The summed E-state index contributed by atoms with van der Waals surface area (Å²) < 4.78 is 0. The van der Waals surface area contributed by atoms with Crippen LogP contribution in [0.3, 0.4) is 0 Å². The molecular formula is C6H11O. The zero-order chi connectivity index (χ0) is 5.70. The number of rotatable bonds is 2. The van der Waals surface area contributed by atoms with Gasteiger partial charge in [-0.3, -0.25) is 0 Å². The summed E-state index contributed by atoms with van der Waals surface area (Å²) in [4.78, 5) is 0. The number of allylic oxidation sites excluding steroid dienone is 1. The van der Waals surface area contributed by atoms with E-state index in [-0.39, 0.29) is 6.61 Å². The second-order valence-electron chi connectivity index (χ2n) is 1.59. The molecule has 0 fully saturated rings. The van der Waals surface area contributed by atoms with Crippen molar-refractivity contribution in [2.24, 2.45) is 0 Å². The van der Waals surface area contributed by atoms with Gasteiger partial charge in [0.25, 0.3) is 0 Å². The first-order valence-corrected chi connectivity index (χ1v) is 2.51. The predicted molar refractivity (Wildman–Crippen MR) is 29.6 cm³/mol. The molecule has 41 valence electrons. The highest BCUT2D eigenvalue weighted by Crippen LogP contribution is 1.95. The molecule has 0 unspecified atom stereocenters. The Bertz CT molecular complexity index is 64.6. The topological polar surface area (TPSA) is 19.9 Å². The molecule has 1 heteroatoms. The Hall–Kier alpha value is -0.300. The molecule has 0 aliphatic carbocycles. The molecule has 0 N–H and O–H groups in total. The van der Waals surface area contributed by atoms with Gasteiger partial charge in [-0.05, 0) is 20.3 Å². The van der Waals surface area contributed by atoms with Gasteiger partial charge in [-0.15, -0.1) is 0 Å². The van der Waals surface area contributed by atoms with E-state index in [1.165, 1.54) is 5.57 Å². The van der Waals surface area contributed by atoms with Crippen LogP contribution in [0.2, 0.25) is 0 Å². The van der Waals surface area contributed by atoms with Crippen LogP contribution in [0.5, 0.6) is 0 Å². The lowest BCUT2D eigenvalue weighted by molar-refractivity contribution is 0.197. The van der Waals surface area contributed by atoms with Crippen molar-refractivity contribution in [3.05, 3.63) is 11.6 Å². The van der Waals surface area contributed by atoms with E-state index in [0.29, 0.717) is 6.42 Å². The number of hydrogen-bond donors (Lipinski definition) is 0. The molecule has 0 bridgehead atoms. The molecule has 0 aliphatic heterocycles. The van der Waals surface area contributed by atoms with E-state index in [1.807, 2.05) is 19.9 Å². The van der Waals surface area contributed by atoms with Crippen molar-refractivity contribution in [1.29, 1.82) is 0 Å². The van der Waals surface area contributed by atoms with Crippen molar-refractivity contribution in [3.8, 4) is 0 Å². The fraction of sp³-hybridized carbons (Fsp3) is 0.667. The minimum atomic E-state index is 0.0240. The first-order valence-electron chi connectivity index (χ1n) is 2.51. The molecule has 0 aromatic heterocycles. The summed E-state index contributed by atoms with van der Waals surface area (Å²) in [5.74, 6) is 0. The quantitative estimate of drug-likeness (QED) is 0.470. The smallest absolute Gasteiger partial charge is 0.0859 e. The highest BCUT2D eigenvalue weighted by Gasteiger charge is 1.82. The molecule has 0 amide bonds. The summed E-state index contributed by atoms with van der Waals surface area (Å²) in [7, 11) is 0. The van der Waals surface area contributed by atoms with Gasteiger partial charge in [-0.1, -0.05) is 11.6 Å². The minimum absolute atomic E-state index is 0.0240.